The molecule has 0 aromatic carbocycles. The molecule has 4 aromatic rings. The predicted octanol–water partition coefficient (Wildman–Crippen LogP) is 2.42. The van der Waals surface area contributed by atoms with E-state index in [0.29, 0.717) is 25.0 Å². The summed E-state index contributed by atoms with van der Waals surface area (Å²) in [5, 5.41) is 22.3. The maximum atomic E-state index is 13.1. The Balaban J connectivity index is 1.98. The maximum Gasteiger partial charge on any atom is 0.323 e. The van der Waals surface area contributed by atoms with Crippen molar-refractivity contribution in [2.45, 2.75) is 80.1 Å². The van der Waals surface area contributed by atoms with Crippen molar-refractivity contribution in [3.05, 3.63) is 88.7 Å². The molecule has 45 heavy (non-hydrogen) atoms. The van der Waals surface area contributed by atoms with Gasteiger partial charge in [-0.2, -0.15) is 0 Å². The second-order valence-electron chi connectivity index (χ2n) is 11.8. The minimum Gasteiger partial charge on any atom is -0.481 e. The van der Waals surface area contributed by atoms with Crippen LogP contribution in [0.3, 0.4) is 0 Å². The number of fused-ring (bicyclic) bond motifs is 8. The van der Waals surface area contributed by atoms with Crippen LogP contribution in [0.15, 0.2) is 0 Å². The zero-order valence-electron chi connectivity index (χ0n) is 26.7. The fourth-order valence-electron chi connectivity index (χ4n) is 6.75. The first-order chi connectivity index (χ1) is 21.4. The van der Waals surface area contributed by atoms with Crippen LogP contribution >= 0.6 is 0 Å². The lowest BCUT2D eigenvalue weighted by molar-refractivity contribution is -0.138. The van der Waals surface area contributed by atoms with Gasteiger partial charge in [-0.3, -0.25) is 14.2 Å². The number of aromatic amines is 3. The van der Waals surface area contributed by atoms with Gasteiger partial charge in [-0.25, -0.2) is 4.79 Å². The Bertz CT molecular complexity index is 2120. The summed E-state index contributed by atoms with van der Waals surface area (Å²) in [4.78, 5) is 46.9. The van der Waals surface area contributed by atoms with Gasteiger partial charge in [0.1, 0.15) is 0 Å². The standard InChI is InChI=1S/C35H41N5O5/c1-7-21-17(3)27-16-32-22(8-2)20(6)31(40(32)35(36)45)15-26-19(5)24(10-12-34(43)44)30(39-26)14-29-23(9-11-33(41)42)18(4)25(37-29)13-28(21)38-27/h13-16,37-39H,7-12H2,1-6H3,(H2,36,45)(H,41,42)(H,43,44). The minimum absolute atomic E-state index is 0.0280. The summed E-state index contributed by atoms with van der Waals surface area (Å²) in [5.41, 5.74) is 16.7. The van der Waals surface area contributed by atoms with Crippen LogP contribution in [-0.4, -0.2) is 47.7 Å². The normalized spacial score (nSPS) is 12.2. The predicted molar refractivity (Wildman–Crippen MR) is 174 cm³/mol. The van der Waals surface area contributed by atoms with Crippen molar-refractivity contribution in [2.24, 2.45) is 5.73 Å². The second kappa shape index (κ2) is 12.2. The first kappa shape index (κ1) is 31.4. The molecule has 236 valence electrons. The summed E-state index contributed by atoms with van der Waals surface area (Å²) in [6, 6.07) is -0.596. The molecule has 7 N–H and O–H groups in total. The molecule has 1 amide bonds. The lowest BCUT2D eigenvalue weighted by atomic mass is 10.0. The summed E-state index contributed by atoms with van der Waals surface area (Å²) in [6.07, 6.45) is 9.91. The lowest BCUT2D eigenvalue weighted by Crippen LogP contribution is -2.24. The van der Waals surface area contributed by atoms with Crippen LogP contribution in [0.2, 0.25) is 0 Å². The molecule has 0 saturated heterocycles. The Morgan fingerprint density at radius 3 is 1.69 bits per heavy atom. The summed E-state index contributed by atoms with van der Waals surface area (Å²) in [5.74, 6) is -1.79. The first-order valence-corrected chi connectivity index (χ1v) is 15.4. The Morgan fingerprint density at radius 2 is 1.13 bits per heavy atom. The summed E-state index contributed by atoms with van der Waals surface area (Å²) in [7, 11) is 0. The zero-order valence-corrected chi connectivity index (χ0v) is 26.7. The SMILES string of the molecule is CCc1c(C)c2n(C(N)=O)c1C=c1[nH]c(c(CC)c1C)=Cc1[nH]c(c(CCC(=O)O)c1C)C=c1[nH]c(c(C)c1CCC(=O)O)=C2. The van der Waals surface area contributed by atoms with E-state index in [9.17, 15) is 24.6 Å². The van der Waals surface area contributed by atoms with Crippen LogP contribution in [0.5, 0.6) is 0 Å². The molecule has 10 nitrogen and oxygen atoms in total. The number of primary amides is 1. The van der Waals surface area contributed by atoms with Gasteiger partial charge in [-0.15, -0.1) is 0 Å². The number of carboxylic acids is 2. The average molecular weight is 612 g/mol. The van der Waals surface area contributed by atoms with E-state index < -0.39 is 18.0 Å². The molecule has 8 bridgehead atoms. The first-order valence-electron chi connectivity index (χ1n) is 15.4. The van der Waals surface area contributed by atoms with Crippen LogP contribution in [0.25, 0.3) is 24.3 Å². The second-order valence-corrected chi connectivity index (χ2v) is 11.8. The van der Waals surface area contributed by atoms with E-state index >= 15 is 0 Å². The molecule has 10 heteroatoms. The molecule has 5 rings (SSSR count). The molecular formula is C35H41N5O5. The number of nitrogens with two attached hydrogens (primary N) is 1. The molecule has 0 spiro atoms. The molecular weight excluding hydrogens is 570 g/mol. The van der Waals surface area contributed by atoms with Gasteiger partial charge in [0.2, 0.25) is 0 Å². The Kier molecular flexibility index (Phi) is 8.51. The Labute approximate surface area is 260 Å². The summed E-state index contributed by atoms with van der Waals surface area (Å²) in [6.45, 7) is 12.1. The molecule has 0 atom stereocenters. The van der Waals surface area contributed by atoms with Crippen molar-refractivity contribution in [2.75, 3.05) is 0 Å². The van der Waals surface area contributed by atoms with Gasteiger partial charge in [-0.05, 0) is 122 Å². The van der Waals surface area contributed by atoms with Gasteiger partial charge in [0.05, 0.1) is 11.4 Å². The number of hydrogen-bond donors (Lipinski definition) is 6. The molecule has 4 aromatic heterocycles. The van der Waals surface area contributed by atoms with E-state index in [1.54, 1.807) is 4.57 Å². The quantitative estimate of drug-likeness (QED) is 0.158. The van der Waals surface area contributed by atoms with Crippen molar-refractivity contribution < 1.29 is 24.6 Å². The number of carbonyl (C=O) groups excluding carboxylic acids is 1. The van der Waals surface area contributed by atoms with Crippen LogP contribution in [0, 0.1) is 27.7 Å². The largest absolute Gasteiger partial charge is 0.481 e. The molecule has 0 fully saturated rings. The highest BCUT2D eigenvalue weighted by molar-refractivity contribution is 5.83. The van der Waals surface area contributed by atoms with Gasteiger partial charge >= 0.3 is 18.0 Å². The summed E-state index contributed by atoms with van der Waals surface area (Å²) >= 11 is 0. The molecule has 1 aliphatic rings. The number of nitrogens with one attached hydrogen (secondary N) is 3. The third kappa shape index (κ3) is 5.68. The highest BCUT2D eigenvalue weighted by atomic mass is 16.4. The Morgan fingerprint density at radius 1 is 0.622 bits per heavy atom. The van der Waals surface area contributed by atoms with E-state index in [1.165, 1.54) is 0 Å². The van der Waals surface area contributed by atoms with Crippen LogP contribution < -0.4 is 27.1 Å². The number of aliphatic carboxylic acids is 2. The van der Waals surface area contributed by atoms with Crippen molar-refractivity contribution in [1.29, 1.82) is 0 Å². The molecule has 1 aliphatic heterocycles. The number of nitrogens with zero attached hydrogens (tertiary/aromatic N) is 1. The minimum atomic E-state index is -0.904. The highest BCUT2D eigenvalue weighted by Crippen LogP contribution is 2.26. The van der Waals surface area contributed by atoms with Crippen molar-refractivity contribution >= 4 is 42.3 Å². The summed E-state index contributed by atoms with van der Waals surface area (Å²) < 4.78 is 1.56. The smallest absolute Gasteiger partial charge is 0.323 e. The van der Waals surface area contributed by atoms with E-state index in [2.05, 4.69) is 41.8 Å². The number of hydrogen-bond acceptors (Lipinski definition) is 3. The van der Waals surface area contributed by atoms with Gasteiger partial charge < -0.3 is 30.9 Å². The van der Waals surface area contributed by atoms with Gasteiger partial charge in [0.15, 0.2) is 0 Å². The van der Waals surface area contributed by atoms with E-state index in [-0.39, 0.29) is 12.8 Å². The third-order valence-corrected chi connectivity index (χ3v) is 9.23. The molecule has 0 saturated carbocycles. The topological polar surface area (TPSA) is 170 Å². The fourth-order valence-corrected chi connectivity index (χ4v) is 6.75. The van der Waals surface area contributed by atoms with E-state index in [4.69, 9.17) is 5.73 Å². The molecule has 0 radical (unpaired) electrons. The number of aromatic nitrogens is 4. The maximum absolute atomic E-state index is 13.1. The lowest BCUT2D eigenvalue weighted by Gasteiger charge is -2.05. The highest BCUT2D eigenvalue weighted by Gasteiger charge is 2.22. The molecule has 0 unspecified atom stereocenters. The average Bonchev–Trinajstić information content (AvgIpc) is 3.62. The van der Waals surface area contributed by atoms with E-state index in [1.807, 2.05) is 39.0 Å². The number of amides is 1. The molecule has 0 aliphatic carbocycles. The number of carboxylic acid groups (broad SMARTS) is 2. The van der Waals surface area contributed by atoms with Crippen LogP contribution in [0.4, 0.5) is 4.79 Å². The van der Waals surface area contributed by atoms with Crippen LogP contribution in [-0.2, 0) is 35.3 Å². The number of H-pyrrole nitrogens is 3. The van der Waals surface area contributed by atoms with E-state index in [0.717, 1.165) is 89.4 Å². The monoisotopic (exact) mass is 611 g/mol. The van der Waals surface area contributed by atoms with Gasteiger partial charge in [0.25, 0.3) is 0 Å². The number of rotatable bonds is 8. The van der Waals surface area contributed by atoms with Crippen molar-refractivity contribution in [3.63, 3.8) is 0 Å². The van der Waals surface area contributed by atoms with Crippen molar-refractivity contribution in [1.82, 2.24) is 19.5 Å². The van der Waals surface area contributed by atoms with Crippen LogP contribution in [0.1, 0.15) is 94.0 Å². The zero-order chi connectivity index (χ0) is 32.7. The number of carbonyl (C=O) groups is 3. The molecule has 5 heterocycles. The van der Waals surface area contributed by atoms with Gasteiger partial charge in [-0.1, -0.05) is 13.8 Å². The Hall–Kier alpha value is -4.99. The fraction of sp³-hybridized carbons (Fsp3) is 0.343. The van der Waals surface area contributed by atoms with Crippen molar-refractivity contribution in [3.8, 4) is 0 Å². The van der Waals surface area contributed by atoms with Gasteiger partial charge in [0, 0.05) is 45.6 Å². The third-order valence-electron chi connectivity index (χ3n) is 9.23.